The minimum Gasteiger partial charge on any atom is -0.369 e. The highest BCUT2D eigenvalue weighted by molar-refractivity contribution is 5.02. The largest absolute Gasteiger partial charge is 0.369 e. The molecule has 0 bridgehead atoms. The van der Waals surface area contributed by atoms with Crippen LogP contribution in [0, 0.1) is 0 Å². The molecule has 0 aliphatic carbocycles. The molecule has 0 atom stereocenters. The van der Waals surface area contributed by atoms with Crippen molar-refractivity contribution in [1.29, 1.82) is 0 Å². The fraction of sp³-hybridized carbons (Fsp3) is 0.714. The fourth-order valence-corrected chi connectivity index (χ4v) is 0.926. The summed E-state index contributed by atoms with van der Waals surface area (Å²) in [4.78, 5) is 0. The lowest BCUT2D eigenvalue weighted by molar-refractivity contribution is -0.0173. The average molecular weight is 155 g/mol. The van der Waals surface area contributed by atoms with E-state index in [0.29, 0.717) is 6.61 Å². The van der Waals surface area contributed by atoms with Gasteiger partial charge in [0.1, 0.15) is 11.3 Å². The van der Waals surface area contributed by atoms with E-state index in [9.17, 15) is 0 Å². The molecule has 0 saturated carbocycles. The molecule has 4 nitrogen and oxygen atoms in total. The van der Waals surface area contributed by atoms with Gasteiger partial charge in [0.2, 0.25) is 0 Å². The Morgan fingerprint density at radius 2 is 2.36 bits per heavy atom. The minimum absolute atomic E-state index is 0.332. The molecule has 0 unspecified atom stereocenters. The van der Waals surface area contributed by atoms with Crippen LogP contribution in [0.3, 0.4) is 0 Å². The first-order valence-corrected chi connectivity index (χ1v) is 3.67. The monoisotopic (exact) mass is 155 g/mol. The van der Waals surface area contributed by atoms with Gasteiger partial charge < -0.3 is 4.74 Å². The van der Waals surface area contributed by atoms with Gasteiger partial charge in [-0.2, -0.15) is 15.4 Å². The van der Waals surface area contributed by atoms with Gasteiger partial charge in [-0.15, -0.1) is 0 Å². The molecule has 1 aromatic heterocycles. The minimum atomic E-state index is -0.332. The lowest BCUT2D eigenvalue weighted by atomic mass is 10.1. The molecule has 1 N–H and O–H groups in total. The molecule has 4 heteroatoms. The van der Waals surface area contributed by atoms with Crippen LogP contribution in [-0.4, -0.2) is 22.0 Å². The maximum Gasteiger partial charge on any atom is 0.114 e. The number of aromatic amines is 1. The summed E-state index contributed by atoms with van der Waals surface area (Å²) in [5.74, 6) is 0. The van der Waals surface area contributed by atoms with Crippen LogP contribution in [0.25, 0.3) is 0 Å². The summed E-state index contributed by atoms with van der Waals surface area (Å²) in [7, 11) is 0. The molecule has 62 valence electrons. The number of nitrogens with zero attached hydrogens (tertiary/aromatic N) is 2. The van der Waals surface area contributed by atoms with Gasteiger partial charge in [0, 0.05) is 6.61 Å². The number of hydrogen-bond acceptors (Lipinski definition) is 3. The van der Waals surface area contributed by atoms with Crippen molar-refractivity contribution in [3.63, 3.8) is 0 Å². The lowest BCUT2D eigenvalue weighted by Crippen LogP contribution is -2.21. The van der Waals surface area contributed by atoms with Crippen molar-refractivity contribution >= 4 is 0 Å². The molecule has 0 aromatic carbocycles. The first-order chi connectivity index (χ1) is 5.17. The highest BCUT2D eigenvalue weighted by atomic mass is 16.5. The summed E-state index contributed by atoms with van der Waals surface area (Å²) in [6, 6.07) is 0. The molecule has 11 heavy (non-hydrogen) atoms. The summed E-state index contributed by atoms with van der Waals surface area (Å²) in [5.41, 5.74) is 0.501. The highest BCUT2D eigenvalue weighted by Gasteiger charge is 2.22. The summed E-state index contributed by atoms with van der Waals surface area (Å²) in [6.45, 7) is 6.57. The topological polar surface area (TPSA) is 50.8 Å². The fourth-order valence-electron chi connectivity index (χ4n) is 0.926. The van der Waals surface area contributed by atoms with Crippen LogP contribution in [0.1, 0.15) is 26.5 Å². The first kappa shape index (κ1) is 8.20. The van der Waals surface area contributed by atoms with E-state index in [0.717, 1.165) is 5.69 Å². The predicted octanol–water partition coefficient (Wildman–Crippen LogP) is 1.08. The van der Waals surface area contributed by atoms with Crippen LogP contribution in [0.2, 0.25) is 0 Å². The Hall–Kier alpha value is -0.900. The SMILES string of the molecule is CCOC(C)(C)c1cn[nH]n1. The quantitative estimate of drug-likeness (QED) is 0.710. The maximum atomic E-state index is 5.45. The maximum absolute atomic E-state index is 5.45. The molecule has 1 heterocycles. The average Bonchev–Trinajstić information content (AvgIpc) is 2.37. The van der Waals surface area contributed by atoms with Crippen molar-refractivity contribution < 1.29 is 4.74 Å². The van der Waals surface area contributed by atoms with Crippen molar-refractivity contribution in [2.24, 2.45) is 0 Å². The third kappa shape index (κ3) is 1.77. The molecule has 0 aliphatic heterocycles. The van der Waals surface area contributed by atoms with Crippen molar-refractivity contribution in [3.8, 4) is 0 Å². The van der Waals surface area contributed by atoms with Crippen LogP contribution in [-0.2, 0) is 10.3 Å². The number of aromatic nitrogens is 3. The molecular formula is C7H13N3O. The second-order valence-corrected chi connectivity index (χ2v) is 2.80. The summed E-state index contributed by atoms with van der Waals surface area (Å²) in [6.07, 6.45) is 1.68. The zero-order valence-corrected chi connectivity index (χ0v) is 7.09. The Kier molecular flexibility index (Phi) is 2.24. The molecule has 0 fully saturated rings. The molecular weight excluding hydrogens is 142 g/mol. The summed E-state index contributed by atoms with van der Waals surface area (Å²) < 4.78 is 5.45. The summed E-state index contributed by atoms with van der Waals surface area (Å²) >= 11 is 0. The highest BCUT2D eigenvalue weighted by Crippen LogP contribution is 2.20. The van der Waals surface area contributed by atoms with Gasteiger partial charge in [0.25, 0.3) is 0 Å². The van der Waals surface area contributed by atoms with E-state index in [1.165, 1.54) is 0 Å². The van der Waals surface area contributed by atoms with Crippen LogP contribution >= 0.6 is 0 Å². The van der Waals surface area contributed by atoms with Crippen LogP contribution in [0.4, 0.5) is 0 Å². The lowest BCUT2D eigenvalue weighted by Gasteiger charge is -2.21. The van der Waals surface area contributed by atoms with Gasteiger partial charge in [-0.1, -0.05) is 0 Å². The zero-order valence-electron chi connectivity index (χ0n) is 7.09. The zero-order chi connectivity index (χ0) is 8.32. The number of H-pyrrole nitrogens is 1. The van der Waals surface area contributed by atoms with Crippen LogP contribution in [0.5, 0.6) is 0 Å². The third-order valence-corrected chi connectivity index (χ3v) is 1.54. The second-order valence-electron chi connectivity index (χ2n) is 2.80. The van der Waals surface area contributed by atoms with Gasteiger partial charge >= 0.3 is 0 Å². The normalized spacial score (nSPS) is 11.9. The van der Waals surface area contributed by atoms with Gasteiger partial charge in [0.05, 0.1) is 6.20 Å². The smallest absolute Gasteiger partial charge is 0.114 e. The van der Waals surface area contributed by atoms with Gasteiger partial charge in [-0.25, -0.2) is 0 Å². The van der Waals surface area contributed by atoms with E-state index >= 15 is 0 Å². The van der Waals surface area contributed by atoms with Crippen LogP contribution in [0.15, 0.2) is 6.20 Å². The van der Waals surface area contributed by atoms with E-state index < -0.39 is 0 Å². The number of ether oxygens (including phenoxy) is 1. The molecule has 0 radical (unpaired) electrons. The summed E-state index contributed by atoms with van der Waals surface area (Å²) in [5, 5.41) is 10.2. The standard InChI is InChI=1S/C7H13N3O/c1-4-11-7(2,3)6-5-8-10-9-6/h5H,4H2,1-3H3,(H,8,9,10). The number of nitrogens with one attached hydrogen (secondary N) is 1. The van der Waals surface area contributed by atoms with Crippen molar-refractivity contribution in [3.05, 3.63) is 11.9 Å². The number of hydrogen-bond donors (Lipinski definition) is 1. The van der Waals surface area contributed by atoms with E-state index in [1.807, 2.05) is 20.8 Å². The van der Waals surface area contributed by atoms with Crippen molar-refractivity contribution in [2.75, 3.05) is 6.61 Å². The van der Waals surface area contributed by atoms with Gasteiger partial charge in [-0.05, 0) is 20.8 Å². The van der Waals surface area contributed by atoms with Crippen molar-refractivity contribution in [1.82, 2.24) is 15.4 Å². The van der Waals surface area contributed by atoms with Gasteiger partial charge in [-0.3, -0.25) is 0 Å². The predicted molar refractivity (Wildman–Crippen MR) is 41.0 cm³/mol. The Bertz CT molecular complexity index is 205. The van der Waals surface area contributed by atoms with Crippen molar-refractivity contribution in [2.45, 2.75) is 26.4 Å². The third-order valence-electron chi connectivity index (χ3n) is 1.54. The first-order valence-electron chi connectivity index (χ1n) is 3.67. The molecule has 0 aliphatic rings. The van der Waals surface area contributed by atoms with E-state index in [4.69, 9.17) is 4.74 Å². The van der Waals surface area contributed by atoms with E-state index in [2.05, 4.69) is 15.4 Å². The Morgan fingerprint density at radius 1 is 1.64 bits per heavy atom. The number of rotatable bonds is 3. The van der Waals surface area contributed by atoms with E-state index in [1.54, 1.807) is 6.20 Å². The molecule has 0 saturated heterocycles. The van der Waals surface area contributed by atoms with E-state index in [-0.39, 0.29) is 5.60 Å². The second kappa shape index (κ2) is 3.00. The Balaban J connectivity index is 2.73. The van der Waals surface area contributed by atoms with Crippen LogP contribution < -0.4 is 0 Å². The molecule has 0 spiro atoms. The van der Waals surface area contributed by atoms with Gasteiger partial charge in [0.15, 0.2) is 0 Å². The molecule has 1 aromatic rings. The Labute approximate surface area is 66.0 Å². The molecule has 0 amide bonds. The molecule has 1 rings (SSSR count). The Morgan fingerprint density at radius 3 is 2.82 bits per heavy atom.